The molecule has 0 bridgehead atoms. The van der Waals surface area contributed by atoms with Crippen LogP contribution in [0.3, 0.4) is 0 Å². The van der Waals surface area contributed by atoms with E-state index in [2.05, 4.69) is 10.6 Å². The van der Waals surface area contributed by atoms with Crippen LogP contribution in [0.4, 0.5) is 10.5 Å². The minimum absolute atomic E-state index is 0.105. The Balaban J connectivity index is 1.56. The highest BCUT2D eigenvalue weighted by molar-refractivity contribution is 5.89. The smallest absolute Gasteiger partial charge is 0.319 e. The summed E-state index contributed by atoms with van der Waals surface area (Å²) in [7, 11) is 0. The number of hydrogen-bond acceptors (Lipinski definition) is 4. The van der Waals surface area contributed by atoms with E-state index in [1.165, 1.54) is 6.26 Å². The van der Waals surface area contributed by atoms with Crippen LogP contribution in [0.2, 0.25) is 0 Å². The van der Waals surface area contributed by atoms with Gasteiger partial charge in [0.25, 0.3) is 0 Å². The molecule has 24 heavy (non-hydrogen) atoms. The average molecular weight is 330 g/mol. The lowest BCUT2D eigenvalue weighted by atomic mass is 9.94. The first-order chi connectivity index (χ1) is 11.6. The van der Waals surface area contributed by atoms with E-state index in [1.54, 1.807) is 36.4 Å². The number of anilines is 1. The molecule has 0 unspecified atom stereocenters. The number of nitrogens with one attached hydrogen (secondary N) is 2. The van der Waals surface area contributed by atoms with Crippen LogP contribution in [0.1, 0.15) is 25.5 Å². The number of carbonyl (C=O) groups excluding carboxylic acids is 1. The number of ether oxygens (including phenoxy) is 1. The third kappa shape index (κ3) is 3.71. The fourth-order valence-electron chi connectivity index (χ4n) is 2.71. The zero-order valence-corrected chi connectivity index (χ0v) is 13.6. The molecular formula is C18H22N2O4. The van der Waals surface area contributed by atoms with Crippen LogP contribution < -0.4 is 15.4 Å². The number of benzene rings is 1. The van der Waals surface area contributed by atoms with Crippen LogP contribution in [-0.4, -0.2) is 24.3 Å². The summed E-state index contributed by atoms with van der Waals surface area (Å²) < 4.78 is 10.7. The predicted octanol–water partition coefficient (Wildman–Crippen LogP) is 3.10. The fourth-order valence-corrected chi connectivity index (χ4v) is 2.71. The van der Waals surface area contributed by atoms with Crippen molar-refractivity contribution in [3.63, 3.8) is 0 Å². The monoisotopic (exact) mass is 330 g/mol. The number of carbonyl (C=O) groups is 1. The van der Waals surface area contributed by atoms with E-state index in [1.807, 2.05) is 6.92 Å². The molecule has 6 nitrogen and oxygen atoms in total. The molecule has 1 fully saturated rings. The Labute approximate surface area is 140 Å². The maximum absolute atomic E-state index is 12.1. The lowest BCUT2D eigenvalue weighted by molar-refractivity contribution is -0.00414. The molecule has 6 heteroatoms. The minimum Gasteiger partial charge on any atom is -0.494 e. The van der Waals surface area contributed by atoms with Crippen LogP contribution in [0.5, 0.6) is 5.75 Å². The molecule has 1 aromatic heterocycles. The molecular weight excluding hydrogens is 308 g/mol. The molecule has 0 radical (unpaired) electrons. The summed E-state index contributed by atoms with van der Waals surface area (Å²) in [5.74, 6) is 1.37. The number of rotatable bonds is 7. The van der Waals surface area contributed by atoms with Gasteiger partial charge in [0.2, 0.25) is 0 Å². The zero-order chi connectivity index (χ0) is 17.0. The summed E-state index contributed by atoms with van der Waals surface area (Å²) in [6.07, 6.45) is 3.39. The van der Waals surface area contributed by atoms with E-state index in [0.717, 1.165) is 18.6 Å². The molecule has 128 valence electrons. The summed E-state index contributed by atoms with van der Waals surface area (Å²) in [4.78, 5) is 12.1. The van der Waals surface area contributed by atoms with Gasteiger partial charge in [-0.2, -0.15) is 0 Å². The van der Waals surface area contributed by atoms with E-state index in [4.69, 9.17) is 9.15 Å². The third-order valence-electron chi connectivity index (χ3n) is 4.14. The van der Waals surface area contributed by atoms with Crippen molar-refractivity contribution in [3.05, 3.63) is 48.4 Å². The summed E-state index contributed by atoms with van der Waals surface area (Å²) in [6.45, 7) is 2.62. The molecule has 1 atom stereocenters. The standard InChI is InChI=1S/C18H22N2O4/c1-2-23-15-9-7-14(8-10-15)20-17(21)19-12-18(22,13-5-6-13)16-4-3-11-24-16/h3-4,7-11,13,22H,2,5-6,12H2,1H3,(H2,19,20,21)/t18-/m0/s1. The Kier molecular flexibility index (Phi) is 4.76. The van der Waals surface area contributed by atoms with Gasteiger partial charge >= 0.3 is 6.03 Å². The number of hydrogen-bond donors (Lipinski definition) is 3. The molecule has 2 aromatic rings. The zero-order valence-electron chi connectivity index (χ0n) is 13.6. The van der Waals surface area contributed by atoms with Gasteiger partial charge in [0, 0.05) is 5.69 Å². The molecule has 1 aliphatic rings. The van der Waals surface area contributed by atoms with Crippen LogP contribution in [0, 0.1) is 5.92 Å². The van der Waals surface area contributed by atoms with Gasteiger partial charge in [0.05, 0.1) is 19.4 Å². The summed E-state index contributed by atoms with van der Waals surface area (Å²) >= 11 is 0. The Morgan fingerprint density at radius 3 is 2.67 bits per heavy atom. The predicted molar refractivity (Wildman–Crippen MR) is 90.0 cm³/mol. The highest BCUT2D eigenvalue weighted by Crippen LogP contribution is 2.45. The second-order valence-electron chi connectivity index (χ2n) is 5.94. The van der Waals surface area contributed by atoms with Gasteiger partial charge in [-0.1, -0.05) is 0 Å². The third-order valence-corrected chi connectivity index (χ3v) is 4.14. The summed E-state index contributed by atoms with van der Waals surface area (Å²) in [5, 5.41) is 16.3. The van der Waals surface area contributed by atoms with Crippen molar-refractivity contribution in [2.75, 3.05) is 18.5 Å². The normalized spacial score (nSPS) is 16.2. The first-order valence-electron chi connectivity index (χ1n) is 8.16. The highest BCUT2D eigenvalue weighted by Gasteiger charge is 2.47. The van der Waals surface area contributed by atoms with Crippen LogP contribution in [-0.2, 0) is 5.60 Å². The van der Waals surface area contributed by atoms with Crippen LogP contribution >= 0.6 is 0 Å². The van der Waals surface area contributed by atoms with Crippen molar-refractivity contribution in [2.45, 2.75) is 25.4 Å². The molecule has 0 saturated heterocycles. The van der Waals surface area contributed by atoms with E-state index in [9.17, 15) is 9.90 Å². The van der Waals surface area contributed by atoms with E-state index in [0.29, 0.717) is 18.1 Å². The first-order valence-corrected chi connectivity index (χ1v) is 8.16. The van der Waals surface area contributed by atoms with Gasteiger partial charge in [-0.3, -0.25) is 0 Å². The first kappa shape index (κ1) is 16.4. The van der Waals surface area contributed by atoms with Gasteiger partial charge in [0.1, 0.15) is 17.1 Å². The molecule has 1 saturated carbocycles. The van der Waals surface area contributed by atoms with Crippen LogP contribution in [0.15, 0.2) is 47.1 Å². The molecule has 1 aromatic carbocycles. The maximum Gasteiger partial charge on any atom is 0.319 e. The fraction of sp³-hybridized carbons (Fsp3) is 0.389. The Morgan fingerprint density at radius 1 is 1.33 bits per heavy atom. The average Bonchev–Trinajstić information content (AvgIpc) is 3.30. The summed E-state index contributed by atoms with van der Waals surface area (Å²) in [6, 6.07) is 10.2. The topological polar surface area (TPSA) is 83.7 Å². The van der Waals surface area contributed by atoms with E-state index >= 15 is 0 Å². The number of aliphatic hydroxyl groups is 1. The van der Waals surface area contributed by atoms with E-state index in [-0.39, 0.29) is 18.5 Å². The van der Waals surface area contributed by atoms with Gasteiger partial charge < -0.3 is 24.9 Å². The largest absolute Gasteiger partial charge is 0.494 e. The SMILES string of the molecule is CCOc1ccc(NC(=O)NC[C@@](O)(c2ccco2)C2CC2)cc1. The maximum atomic E-state index is 12.1. The van der Waals surface area contributed by atoms with Crippen molar-refractivity contribution in [1.29, 1.82) is 0 Å². The van der Waals surface area contributed by atoms with Crippen molar-refractivity contribution >= 4 is 11.7 Å². The molecule has 0 aliphatic heterocycles. The summed E-state index contributed by atoms with van der Waals surface area (Å²) in [5.41, 5.74) is -0.497. The minimum atomic E-state index is -1.15. The van der Waals surface area contributed by atoms with Gasteiger partial charge in [-0.15, -0.1) is 0 Å². The van der Waals surface area contributed by atoms with Gasteiger partial charge in [-0.25, -0.2) is 4.79 Å². The van der Waals surface area contributed by atoms with Crippen molar-refractivity contribution in [3.8, 4) is 5.75 Å². The molecule has 3 rings (SSSR count). The highest BCUT2D eigenvalue weighted by atomic mass is 16.5. The Hall–Kier alpha value is -2.47. The second-order valence-corrected chi connectivity index (χ2v) is 5.94. The van der Waals surface area contributed by atoms with Gasteiger partial charge in [0.15, 0.2) is 0 Å². The van der Waals surface area contributed by atoms with E-state index < -0.39 is 5.60 Å². The Morgan fingerprint density at radius 2 is 2.08 bits per heavy atom. The molecule has 3 N–H and O–H groups in total. The van der Waals surface area contributed by atoms with Gasteiger partial charge in [-0.05, 0) is 62.1 Å². The lowest BCUT2D eigenvalue weighted by Crippen LogP contribution is -2.43. The molecule has 2 amide bonds. The molecule has 0 spiro atoms. The van der Waals surface area contributed by atoms with Crippen LogP contribution in [0.25, 0.3) is 0 Å². The number of furan rings is 1. The molecule has 1 aliphatic carbocycles. The van der Waals surface area contributed by atoms with Crippen molar-refractivity contribution in [1.82, 2.24) is 5.32 Å². The number of amides is 2. The van der Waals surface area contributed by atoms with Crippen molar-refractivity contribution in [2.24, 2.45) is 5.92 Å². The lowest BCUT2D eigenvalue weighted by Gasteiger charge is -2.26. The Bertz CT molecular complexity index is 665. The second kappa shape index (κ2) is 6.97. The van der Waals surface area contributed by atoms with Crippen molar-refractivity contribution < 1.29 is 19.1 Å². The quantitative estimate of drug-likeness (QED) is 0.728. The number of urea groups is 1. The molecule has 1 heterocycles.